The van der Waals surface area contributed by atoms with Crippen LogP contribution < -0.4 is 15.4 Å². The topological polar surface area (TPSA) is 93.7 Å². The molecule has 1 fully saturated rings. The first-order valence-corrected chi connectivity index (χ1v) is 8.45. The monoisotopic (exact) mass is 348 g/mol. The zero-order valence-electron chi connectivity index (χ0n) is 14.4. The van der Waals surface area contributed by atoms with Crippen LogP contribution in [0.25, 0.3) is 0 Å². The van der Waals surface area contributed by atoms with E-state index in [4.69, 9.17) is 9.47 Å². The number of urea groups is 1. The summed E-state index contributed by atoms with van der Waals surface area (Å²) in [5, 5.41) is 4.94. The van der Waals surface area contributed by atoms with E-state index < -0.39 is 24.5 Å². The molecule has 0 spiro atoms. The summed E-state index contributed by atoms with van der Waals surface area (Å²) < 4.78 is 9.98. The molecule has 1 aliphatic rings. The number of hydrogen-bond acceptors (Lipinski definition) is 5. The van der Waals surface area contributed by atoms with Crippen LogP contribution >= 0.6 is 0 Å². The van der Waals surface area contributed by atoms with Crippen LogP contribution in [0.1, 0.15) is 37.7 Å². The van der Waals surface area contributed by atoms with Crippen LogP contribution in [-0.4, -0.2) is 37.7 Å². The van der Waals surface area contributed by atoms with E-state index in [1.165, 1.54) is 6.42 Å². The van der Waals surface area contributed by atoms with Crippen molar-refractivity contribution in [2.45, 2.75) is 44.6 Å². The minimum absolute atomic E-state index is 0.0265. The Kier molecular flexibility index (Phi) is 7.25. The van der Waals surface area contributed by atoms with Crippen molar-refractivity contribution in [2.24, 2.45) is 0 Å². The van der Waals surface area contributed by atoms with Gasteiger partial charge in [0, 0.05) is 6.04 Å². The standard InChI is InChI=1S/C18H24N2O5/c1-24-15-9-5-6-13(10-15)11-17(22)25-12-16(21)20-18(23)19-14-7-3-2-4-8-14/h5-6,9-10,14H,2-4,7-8,11-12H2,1H3,(H2,19,20,21,23). The number of hydrogen-bond donors (Lipinski definition) is 2. The van der Waals surface area contributed by atoms with Crippen molar-refractivity contribution < 1.29 is 23.9 Å². The van der Waals surface area contributed by atoms with E-state index in [0.29, 0.717) is 5.75 Å². The van der Waals surface area contributed by atoms with Crippen LogP contribution in [0.2, 0.25) is 0 Å². The summed E-state index contributed by atoms with van der Waals surface area (Å²) in [7, 11) is 1.54. The van der Waals surface area contributed by atoms with Gasteiger partial charge in [0.25, 0.3) is 5.91 Å². The number of carbonyl (C=O) groups is 3. The number of rotatable bonds is 6. The van der Waals surface area contributed by atoms with Crippen molar-refractivity contribution in [2.75, 3.05) is 13.7 Å². The Labute approximate surface area is 147 Å². The smallest absolute Gasteiger partial charge is 0.321 e. The van der Waals surface area contributed by atoms with Gasteiger partial charge in [0.1, 0.15) is 5.75 Å². The lowest BCUT2D eigenvalue weighted by atomic mass is 9.96. The normalized spacial score (nSPS) is 14.4. The molecule has 0 saturated heterocycles. The van der Waals surface area contributed by atoms with Crippen LogP contribution in [0.3, 0.4) is 0 Å². The number of imide groups is 1. The molecule has 0 aromatic heterocycles. The quantitative estimate of drug-likeness (QED) is 0.766. The molecule has 1 aliphatic carbocycles. The highest BCUT2D eigenvalue weighted by Crippen LogP contribution is 2.17. The maximum Gasteiger partial charge on any atom is 0.321 e. The molecule has 1 aromatic rings. The minimum Gasteiger partial charge on any atom is -0.497 e. The predicted molar refractivity (Wildman–Crippen MR) is 91.2 cm³/mol. The Balaban J connectivity index is 1.67. The highest BCUT2D eigenvalue weighted by molar-refractivity contribution is 5.95. The molecule has 0 bridgehead atoms. The van der Waals surface area contributed by atoms with Crippen molar-refractivity contribution >= 4 is 17.9 Å². The number of amides is 3. The van der Waals surface area contributed by atoms with E-state index in [0.717, 1.165) is 31.2 Å². The van der Waals surface area contributed by atoms with E-state index in [1.807, 2.05) is 0 Å². The molecule has 2 N–H and O–H groups in total. The average molecular weight is 348 g/mol. The summed E-state index contributed by atoms with van der Waals surface area (Å²) in [6, 6.07) is 6.59. The van der Waals surface area contributed by atoms with E-state index >= 15 is 0 Å². The fourth-order valence-electron chi connectivity index (χ4n) is 2.78. The molecule has 1 aromatic carbocycles. The van der Waals surface area contributed by atoms with Crippen LogP contribution in [0.5, 0.6) is 5.75 Å². The van der Waals surface area contributed by atoms with Gasteiger partial charge in [-0.2, -0.15) is 0 Å². The third kappa shape index (κ3) is 6.82. The minimum atomic E-state index is -0.646. The zero-order valence-corrected chi connectivity index (χ0v) is 14.4. The van der Waals surface area contributed by atoms with Gasteiger partial charge < -0.3 is 14.8 Å². The van der Waals surface area contributed by atoms with Crippen molar-refractivity contribution in [3.05, 3.63) is 29.8 Å². The van der Waals surface area contributed by atoms with Crippen molar-refractivity contribution in [1.29, 1.82) is 0 Å². The second-order valence-electron chi connectivity index (χ2n) is 6.05. The molecule has 7 heteroatoms. The second-order valence-corrected chi connectivity index (χ2v) is 6.05. The van der Waals surface area contributed by atoms with Gasteiger partial charge in [0.05, 0.1) is 13.5 Å². The van der Waals surface area contributed by atoms with Gasteiger partial charge in [-0.05, 0) is 30.5 Å². The Morgan fingerprint density at radius 3 is 2.64 bits per heavy atom. The first kappa shape index (κ1) is 18.8. The Morgan fingerprint density at radius 2 is 1.92 bits per heavy atom. The van der Waals surface area contributed by atoms with Crippen molar-refractivity contribution in [3.8, 4) is 5.75 Å². The van der Waals surface area contributed by atoms with Crippen LogP contribution in [-0.2, 0) is 20.7 Å². The van der Waals surface area contributed by atoms with Crippen LogP contribution in [0.4, 0.5) is 4.79 Å². The lowest BCUT2D eigenvalue weighted by Crippen LogP contribution is -2.46. The van der Waals surface area contributed by atoms with Crippen LogP contribution in [0, 0.1) is 0 Å². The third-order valence-corrected chi connectivity index (χ3v) is 4.04. The van der Waals surface area contributed by atoms with Gasteiger partial charge in [-0.1, -0.05) is 31.4 Å². The Bertz CT molecular complexity index is 611. The fraction of sp³-hybridized carbons (Fsp3) is 0.500. The average Bonchev–Trinajstić information content (AvgIpc) is 2.61. The molecule has 1 saturated carbocycles. The highest BCUT2D eigenvalue weighted by Gasteiger charge is 2.17. The number of methoxy groups -OCH3 is 1. The number of benzene rings is 1. The summed E-state index contributed by atoms with van der Waals surface area (Å²) in [6.07, 6.45) is 5.23. The number of ether oxygens (including phenoxy) is 2. The first-order chi connectivity index (χ1) is 12.1. The van der Waals surface area contributed by atoms with Gasteiger partial charge in [-0.3, -0.25) is 14.9 Å². The van der Waals surface area contributed by atoms with Gasteiger partial charge in [0.2, 0.25) is 0 Å². The second kappa shape index (κ2) is 9.66. The number of carbonyl (C=O) groups excluding carboxylic acids is 3. The molecule has 0 heterocycles. The van der Waals surface area contributed by atoms with Crippen molar-refractivity contribution in [1.82, 2.24) is 10.6 Å². The molecule has 0 radical (unpaired) electrons. The van der Waals surface area contributed by atoms with E-state index in [1.54, 1.807) is 31.4 Å². The molecule has 0 atom stereocenters. The van der Waals surface area contributed by atoms with Gasteiger partial charge >= 0.3 is 12.0 Å². The molecular formula is C18H24N2O5. The summed E-state index contributed by atoms with van der Waals surface area (Å²) in [4.78, 5) is 35.2. The fourth-order valence-corrected chi connectivity index (χ4v) is 2.78. The summed E-state index contributed by atoms with van der Waals surface area (Å²) in [6.45, 7) is -0.485. The van der Waals surface area contributed by atoms with E-state index in [2.05, 4.69) is 10.6 Å². The largest absolute Gasteiger partial charge is 0.497 e. The maximum atomic E-state index is 11.8. The molecular weight excluding hydrogens is 324 g/mol. The molecule has 2 rings (SSSR count). The summed E-state index contributed by atoms with van der Waals surface area (Å²) in [5.74, 6) is -0.550. The number of esters is 1. The first-order valence-electron chi connectivity index (χ1n) is 8.45. The molecule has 7 nitrogen and oxygen atoms in total. The molecule has 0 unspecified atom stereocenters. The van der Waals surface area contributed by atoms with Gasteiger partial charge in [0.15, 0.2) is 6.61 Å². The third-order valence-electron chi connectivity index (χ3n) is 4.04. The zero-order chi connectivity index (χ0) is 18.1. The van der Waals surface area contributed by atoms with Gasteiger partial charge in [-0.25, -0.2) is 4.79 Å². The maximum absolute atomic E-state index is 11.8. The molecule has 3 amide bonds. The Hall–Kier alpha value is -2.57. The van der Waals surface area contributed by atoms with Crippen molar-refractivity contribution in [3.63, 3.8) is 0 Å². The molecule has 25 heavy (non-hydrogen) atoms. The lowest BCUT2D eigenvalue weighted by molar-refractivity contribution is -0.147. The predicted octanol–water partition coefficient (Wildman–Crippen LogP) is 1.94. The van der Waals surface area contributed by atoms with Crippen LogP contribution in [0.15, 0.2) is 24.3 Å². The lowest BCUT2D eigenvalue weighted by Gasteiger charge is -2.22. The Morgan fingerprint density at radius 1 is 1.16 bits per heavy atom. The van der Waals surface area contributed by atoms with E-state index in [9.17, 15) is 14.4 Å². The van der Waals surface area contributed by atoms with E-state index in [-0.39, 0.29) is 12.5 Å². The summed E-state index contributed by atoms with van der Waals surface area (Å²) >= 11 is 0. The molecule has 136 valence electrons. The highest BCUT2D eigenvalue weighted by atomic mass is 16.5. The number of nitrogens with one attached hydrogen (secondary N) is 2. The van der Waals surface area contributed by atoms with Gasteiger partial charge in [-0.15, -0.1) is 0 Å². The molecule has 0 aliphatic heterocycles. The SMILES string of the molecule is COc1cccc(CC(=O)OCC(=O)NC(=O)NC2CCCCC2)c1. The summed E-state index contributed by atoms with van der Waals surface area (Å²) in [5.41, 5.74) is 0.722.